The van der Waals surface area contributed by atoms with Crippen LogP contribution in [0.1, 0.15) is 113 Å². The number of fused-ring (bicyclic) bond motifs is 5. The summed E-state index contributed by atoms with van der Waals surface area (Å²) in [5, 5.41) is 45.9. The summed E-state index contributed by atoms with van der Waals surface area (Å²) in [6.45, 7) is 17.3. The summed E-state index contributed by atoms with van der Waals surface area (Å²) < 4.78 is 6.52. The minimum absolute atomic E-state index is 0.00954. The van der Waals surface area contributed by atoms with Crippen LogP contribution in [0.15, 0.2) is 0 Å². The quantitative estimate of drug-likeness (QED) is 0.443. The fourth-order valence-electron chi connectivity index (χ4n) is 11.1. The first-order valence-electron chi connectivity index (χ1n) is 14.4. The number of ether oxygens (including phenoxy) is 1. The van der Waals surface area contributed by atoms with Crippen molar-refractivity contribution in [1.29, 1.82) is 0 Å². The molecule has 5 fully saturated rings. The highest BCUT2D eigenvalue weighted by Crippen LogP contribution is 2.76. The summed E-state index contributed by atoms with van der Waals surface area (Å²) in [6.07, 6.45) is 6.50. The van der Waals surface area contributed by atoms with Gasteiger partial charge in [0, 0.05) is 5.92 Å². The number of hydrogen-bond donors (Lipinski definition) is 4. The van der Waals surface area contributed by atoms with E-state index in [2.05, 4.69) is 34.6 Å². The maximum atomic E-state index is 12.5. The highest BCUT2D eigenvalue weighted by Gasteiger charge is 2.75. The van der Waals surface area contributed by atoms with Crippen molar-refractivity contribution >= 4 is 0 Å². The van der Waals surface area contributed by atoms with Crippen LogP contribution in [0.2, 0.25) is 0 Å². The van der Waals surface area contributed by atoms with Crippen molar-refractivity contribution in [1.82, 2.24) is 0 Å². The molecule has 35 heavy (non-hydrogen) atoms. The van der Waals surface area contributed by atoms with E-state index in [0.717, 1.165) is 38.5 Å². The maximum absolute atomic E-state index is 12.5. The lowest BCUT2D eigenvalue weighted by atomic mass is 9.35. The molecule has 5 aliphatic rings. The number of hydrogen-bond acceptors (Lipinski definition) is 5. The minimum Gasteiger partial charge on any atom is -0.393 e. The van der Waals surface area contributed by atoms with Crippen molar-refractivity contribution in [3.05, 3.63) is 0 Å². The van der Waals surface area contributed by atoms with Gasteiger partial charge in [-0.3, -0.25) is 0 Å². The Bertz CT molecular complexity index is 865. The molecule has 1 aliphatic heterocycles. The van der Waals surface area contributed by atoms with Gasteiger partial charge < -0.3 is 25.2 Å². The van der Waals surface area contributed by atoms with Crippen LogP contribution in [0.3, 0.4) is 0 Å². The summed E-state index contributed by atoms with van der Waals surface area (Å²) in [4.78, 5) is 0. The van der Waals surface area contributed by atoms with E-state index in [-0.39, 0.29) is 39.8 Å². The zero-order valence-electron chi connectivity index (χ0n) is 23.5. The van der Waals surface area contributed by atoms with Gasteiger partial charge in [-0.2, -0.15) is 0 Å². The molecule has 0 aromatic carbocycles. The monoisotopic (exact) mass is 492 g/mol. The van der Waals surface area contributed by atoms with Crippen molar-refractivity contribution in [2.75, 3.05) is 0 Å². The molecule has 11 atom stereocenters. The molecular formula is C30H52O5. The predicted molar refractivity (Wildman–Crippen MR) is 137 cm³/mol. The molecule has 5 nitrogen and oxygen atoms in total. The zero-order chi connectivity index (χ0) is 26.0. The summed E-state index contributed by atoms with van der Waals surface area (Å²) >= 11 is 0. The molecule has 4 N–H and O–H groups in total. The highest BCUT2D eigenvalue weighted by molar-refractivity contribution is 5.25. The van der Waals surface area contributed by atoms with Crippen LogP contribution in [-0.4, -0.2) is 55.5 Å². The molecule has 0 bridgehead atoms. The number of rotatable bonds is 2. The predicted octanol–water partition coefficient (Wildman–Crippen LogP) is 4.83. The van der Waals surface area contributed by atoms with Crippen LogP contribution in [0, 0.1) is 39.4 Å². The Morgan fingerprint density at radius 3 is 2.03 bits per heavy atom. The van der Waals surface area contributed by atoms with Gasteiger partial charge in [-0.1, -0.05) is 34.6 Å². The Morgan fingerprint density at radius 1 is 0.771 bits per heavy atom. The largest absolute Gasteiger partial charge is 0.393 e. The average molecular weight is 493 g/mol. The Hall–Kier alpha value is -0.200. The lowest BCUT2D eigenvalue weighted by Crippen LogP contribution is -2.69. The normalized spacial score (nSPS) is 57.9. The van der Waals surface area contributed by atoms with E-state index >= 15 is 0 Å². The molecule has 0 spiro atoms. The van der Waals surface area contributed by atoms with Crippen LogP contribution < -0.4 is 0 Å². The third kappa shape index (κ3) is 3.17. The van der Waals surface area contributed by atoms with Gasteiger partial charge in [-0.05, 0) is 112 Å². The van der Waals surface area contributed by atoms with E-state index in [4.69, 9.17) is 4.74 Å². The number of aliphatic hydroxyl groups excluding tert-OH is 2. The standard InChI is InChI=1S/C30H52O5/c1-24(2)19-9-13-27(6)20(26(19,5)12-10-21(24)32)17-18(31)23-28(27,7)15-16-30(23,34)29(8)14-11-22(35-29)25(3,4)33/h18-23,31-34H,9-17H2,1-8H3/t18-,19?,20?,21+,22+,23?,26+,27-,28-,29?,30-/m1/s1. The van der Waals surface area contributed by atoms with Crippen LogP contribution in [0.4, 0.5) is 0 Å². The second kappa shape index (κ2) is 7.46. The fourth-order valence-corrected chi connectivity index (χ4v) is 11.1. The lowest BCUT2D eigenvalue weighted by Gasteiger charge is -2.71. The first-order valence-corrected chi connectivity index (χ1v) is 14.4. The van der Waals surface area contributed by atoms with Gasteiger partial charge in [-0.25, -0.2) is 0 Å². The average Bonchev–Trinajstić information content (AvgIpc) is 3.29. The zero-order valence-corrected chi connectivity index (χ0v) is 23.5. The first kappa shape index (κ1) is 26.4. The maximum Gasteiger partial charge on any atom is 0.0991 e. The van der Waals surface area contributed by atoms with E-state index in [0.29, 0.717) is 31.1 Å². The van der Waals surface area contributed by atoms with Crippen molar-refractivity contribution in [3.8, 4) is 0 Å². The van der Waals surface area contributed by atoms with E-state index in [9.17, 15) is 20.4 Å². The highest BCUT2D eigenvalue weighted by atomic mass is 16.5. The van der Waals surface area contributed by atoms with Crippen LogP contribution in [0.25, 0.3) is 0 Å². The van der Waals surface area contributed by atoms with Crippen LogP contribution in [-0.2, 0) is 4.74 Å². The Kier molecular flexibility index (Phi) is 5.63. The second-order valence-electron chi connectivity index (χ2n) is 15.6. The topological polar surface area (TPSA) is 90.2 Å². The molecule has 1 saturated heterocycles. The molecule has 5 heteroatoms. The van der Waals surface area contributed by atoms with E-state index < -0.39 is 22.9 Å². The second-order valence-corrected chi connectivity index (χ2v) is 15.6. The molecule has 4 saturated carbocycles. The fraction of sp³-hybridized carbons (Fsp3) is 1.00. The van der Waals surface area contributed by atoms with Crippen LogP contribution in [0.5, 0.6) is 0 Å². The van der Waals surface area contributed by atoms with Gasteiger partial charge in [0.05, 0.1) is 35.1 Å². The molecule has 1 heterocycles. The Labute approximate surface area is 213 Å². The molecule has 0 aromatic heterocycles. The summed E-state index contributed by atoms with van der Waals surface area (Å²) in [5.41, 5.74) is -3.08. The Morgan fingerprint density at radius 2 is 1.43 bits per heavy atom. The summed E-state index contributed by atoms with van der Waals surface area (Å²) in [7, 11) is 0. The van der Waals surface area contributed by atoms with Gasteiger partial charge in [0.2, 0.25) is 0 Å². The molecule has 4 unspecified atom stereocenters. The third-order valence-electron chi connectivity index (χ3n) is 13.4. The summed E-state index contributed by atoms with van der Waals surface area (Å²) in [5.74, 6) is 0.553. The molecule has 202 valence electrons. The van der Waals surface area contributed by atoms with Crippen molar-refractivity contribution < 1.29 is 25.2 Å². The SMILES string of the molecule is CC(C)(O)[C@@H]1CCC(C)([C@@]2(O)CC[C@]3(C)C2[C@H](O)CC2[C@@]4(C)CC[C@H](O)C(C)(C)C4CC[C@]23C)O1. The van der Waals surface area contributed by atoms with E-state index in [1.165, 1.54) is 0 Å². The van der Waals surface area contributed by atoms with Crippen molar-refractivity contribution in [3.63, 3.8) is 0 Å². The summed E-state index contributed by atoms with van der Waals surface area (Å²) in [6, 6.07) is 0. The molecular weight excluding hydrogens is 440 g/mol. The van der Waals surface area contributed by atoms with E-state index in [1.54, 1.807) is 13.8 Å². The van der Waals surface area contributed by atoms with Crippen LogP contribution >= 0.6 is 0 Å². The molecule has 0 aromatic rings. The minimum atomic E-state index is -1.12. The van der Waals surface area contributed by atoms with Gasteiger partial charge in [0.15, 0.2) is 0 Å². The first-order chi connectivity index (χ1) is 15.9. The Balaban J connectivity index is 1.52. The van der Waals surface area contributed by atoms with Gasteiger partial charge in [-0.15, -0.1) is 0 Å². The number of aliphatic hydroxyl groups is 4. The van der Waals surface area contributed by atoms with Crippen molar-refractivity contribution in [2.24, 2.45) is 39.4 Å². The molecule has 0 amide bonds. The van der Waals surface area contributed by atoms with Crippen molar-refractivity contribution in [2.45, 2.75) is 148 Å². The lowest BCUT2D eigenvalue weighted by molar-refractivity contribution is -0.277. The molecule has 4 aliphatic carbocycles. The van der Waals surface area contributed by atoms with E-state index in [1.807, 2.05) is 6.92 Å². The molecule has 5 rings (SSSR count). The van der Waals surface area contributed by atoms with Gasteiger partial charge in [0.25, 0.3) is 0 Å². The van der Waals surface area contributed by atoms with Gasteiger partial charge in [0.1, 0.15) is 0 Å². The molecule has 0 radical (unpaired) electrons. The smallest absolute Gasteiger partial charge is 0.0991 e. The van der Waals surface area contributed by atoms with Gasteiger partial charge >= 0.3 is 0 Å². The third-order valence-corrected chi connectivity index (χ3v) is 13.4.